The molecule has 1 aromatic heterocycles. The molecule has 0 bridgehead atoms. The third-order valence-corrected chi connectivity index (χ3v) is 4.39. The van der Waals surface area contributed by atoms with Crippen molar-refractivity contribution in [3.63, 3.8) is 0 Å². The fourth-order valence-corrected chi connectivity index (χ4v) is 2.83. The summed E-state index contributed by atoms with van der Waals surface area (Å²) in [5.41, 5.74) is -0.0152. The first-order valence-corrected chi connectivity index (χ1v) is 7.74. The van der Waals surface area contributed by atoms with E-state index in [1.807, 2.05) is 6.92 Å². The number of tetrazole rings is 1. The molecule has 1 N–H and O–H groups in total. The minimum Gasteiger partial charge on any atom is -0.378 e. The minimum absolute atomic E-state index is 0.493. The van der Waals surface area contributed by atoms with E-state index in [4.69, 9.17) is 23.2 Å². The Balaban J connectivity index is 2.16. The van der Waals surface area contributed by atoms with Gasteiger partial charge in [-0.15, -0.1) is 10.2 Å². The van der Waals surface area contributed by atoms with Gasteiger partial charge in [0.1, 0.15) is 11.6 Å². The van der Waals surface area contributed by atoms with E-state index in [9.17, 15) is 5.11 Å². The Kier molecular flexibility index (Phi) is 4.35. The third-order valence-electron chi connectivity index (χ3n) is 3.88. The molecular formula is C16H14Cl2N4O. The fourth-order valence-electron chi connectivity index (χ4n) is 2.58. The maximum Gasteiger partial charge on any atom is 0.162 e. The van der Waals surface area contributed by atoms with Crippen LogP contribution >= 0.6 is 23.2 Å². The topological polar surface area (TPSA) is 63.8 Å². The van der Waals surface area contributed by atoms with Crippen LogP contribution < -0.4 is 0 Å². The Bertz CT molecular complexity index is 727. The van der Waals surface area contributed by atoms with Crippen LogP contribution in [0.25, 0.3) is 0 Å². The van der Waals surface area contributed by atoms with Crippen LogP contribution in [0, 0.1) is 0 Å². The first-order valence-electron chi connectivity index (χ1n) is 6.98. The van der Waals surface area contributed by atoms with Crippen LogP contribution in [-0.4, -0.2) is 25.3 Å². The predicted molar refractivity (Wildman–Crippen MR) is 88.4 cm³/mol. The van der Waals surface area contributed by atoms with E-state index in [1.165, 1.54) is 11.1 Å². The van der Waals surface area contributed by atoms with Crippen LogP contribution in [-0.2, 0) is 5.60 Å². The summed E-state index contributed by atoms with van der Waals surface area (Å²) in [5, 5.41) is 24.4. The molecule has 23 heavy (non-hydrogen) atoms. The number of halogens is 2. The molecular weight excluding hydrogens is 335 g/mol. The van der Waals surface area contributed by atoms with E-state index in [1.54, 1.807) is 48.5 Å². The summed E-state index contributed by atoms with van der Waals surface area (Å²) in [6, 6.07) is 13.6. The van der Waals surface area contributed by atoms with Gasteiger partial charge in [0.25, 0.3) is 0 Å². The van der Waals surface area contributed by atoms with Crippen molar-refractivity contribution >= 4 is 23.2 Å². The summed E-state index contributed by atoms with van der Waals surface area (Å²) in [6.45, 7) is 1.82. The van der Waals surface area contributed by atoms with Gasteiger partial charge in [0.15, 0.2) is 6.33 Å². The Morgan fingerprint density at radius 3 is 1.83 bits per heavy atom. The van der Waals surface area contributed by atoms with Gasteiger partial charge in [-0.05, 0) is 47.5 Å². The summed E-state index contributed by atoms with van der Waals surface area (Å²) >= 11 is 11.9. The molecule has 118 valence electrons. The average Bonchev–Trinajstić information content (AvgIpc) is 3.09. The smallest absolute Gasteiger partial charge is 0.162 e. The van der Waals surface area contributed by atoms with Gasteiger partial charge in [-0.1, -0.05) is 47.5 Å². The summed E-state index contributed by atoms with van der Waals surface area (Å²) in [4.78, 5) is 1.38. The number of hydrogen-bond acceptors (Lipinski definition) is 4. The standard InChI is InChI=1S/C16H14Cl2N4O/c1-11(22-20-10-19-21-22)16(23,12-2-6-14(17)7-3-12)13-4-8-15(18)9-5-13/h2-11,23H,1H3. The summed E-state index contributed by atoms with van der Waals surface area (Å²) in [5.74, 6) is 0. The zero-order valence-electron chi connectivity index (χ0n) is 12.3. The van der Waals surface area contributed by atoms with Crippen molar-refractivity contribution in [3.8, 4) is 0 Å². The minimum atomic E-state index is -1.37. The Hall–Kier alpha value is -1.95. The van der Waals surface area contributed by atoms with Crippen molar-refractivity contribution < 1.29 is 5.11 Å². The maximum atomic E-state index is 11.6. The third kappa shape index (κ3) is 2.95. The monoisotopic (exact) mass is 348 g/mol. The number of aromatic nitrogens is 4. The fraction of sp³-hybridized carbons (Fsp3) is 0.188. The average molecular weight is 349 g/mol. The lowest BCUT2D eigenvalue weighted by Gasteiger charge is -2.34. The zero-order chi connectivity index (χ0) is 16.4. The van der Waals surface area contributed by atoms with Crippen LogP contribution in [0.1, 0.15) is 24.1 Å². The number of aliphatic hydroxyl groups is 1. The van der Waals surface area contributed by atoms with Gasteiger partial charge in [0, 0.05) is 10.0 Å². The van der Waals surface area contributed by atoms with Crippen molar-refractivity contribution in [3.05, 3.63) is 76.0 Å². The van der Waals surface area contributed by atoms with Crippen LogP contribution in [0.2, 0.25) is 10.0 Å². The molecule has 0 aliphatic heterocycles. The van der Waals surface area contributed by atoms with Gasteiger partial charge < -0.3 is 5.11 Å². The zero-order valence-corrected chi connectivity index (χ0v) is 13.8. The second-order valence-corrected chi connectivity index (χ2v) is 6.09. The van der Waals surface area contributed by atoms with Gasteiger partial charge in [-0.2, -0.15) is 4.80 Å². The lowest BCUT2D eigenvalue weighted by Crippen LogP contribution is -2.37. The first kappa shape index (κ1) is 15.9. The predicted octanol–water partition coefficient (Wildman–Crippen LogP) is 3.48. The molecule has 1 unspecified atom stereocenters. The molecule has 0 saturated carbocycles. The highest BCUT2D eigenvalue weighted by molar-refractivity contribution is 6.30. The number of nitrogens with zero attached hydrogens (tertiary/aromatic N) is 4. The van der Waals surface area contributed by atoms with Gasteiger partial charge in [0.2, 0.25) is 0 Å². The van der Waals surface area contributed by atoms with Crippen molar-refractivity contribution in [2.75, 3.05) is 0 Å². The van der Waals surface area contributed by atoms with Crippen LogP contribution in [0.3, 0.4) is 0 Å². The molecule has 0 aliphatic carbocycles. The molecule has 3 rings (SSSR count). The van der Waals surface area contributed by atoms with Gasteiger partial charge in [0.05, 0.1) is 0 Å². The molecule has 5 nitrogen and oxygen atoms in total. The van der Waals surface area contributed by atoms with Crippen LogP contribution in [0.5, 0.6) is 0 Å². The van der Waals surface area contributed by atoms with E-state index < -0.39 is 11.6 Å². The van der Waals surface area contributed by atoms with E-state index in [0.717, 1.165) is 0 Å². The molecule has 1 heterocycles. The summed E-state index contributed by atoms with van der Waals surface area (Å²) < 4.78 is 0. The van der Waals surface area contributed by atoms with Gasteiger partial charge in [-0.3, -0.25) is 0 Å². The normalized spacial score (nSPS) is 13.0. The molecule has 0 amide bonds. The quantitative estimate of drug-likeness (QED) is 0.783. The van der Waals surface area contributed by atoms with E-state index >= 15 is 0 Å². The Morgan fingerprint density at radius 2 is 1.43 bits per heavy atom. The SMILES string of the molecule is CC(n1ncnn1)C(O)(c1ccc(Cl)cc1)c1ccc(Cl)cc1. The van der Waals surface area contributed by atoms with Crippen molar-refractivity contribution in [1.29, 1.82) is 0 Å². The summed E-state index contributed by atoms with van der Waals surface area (Å²) in [6.07, 6.45) is 1.33. The number of benzene rings is 2. The summed E-state index contributed by atoms with van der Waals surface area (Å²) in [7, 11) is 0. The number of rotatable bonds is 4. The lowest BCUT2D eigenvalue weighted by molar-refractivity contribution is 0.0183. The largest absolute Gasteiger partial charge is 0.378 e. The second kappa shape index (κ2) is 6.28. The van der Waals surface area contributed by atoms with Gasteiger partial charge in [-0.25, -0.2) is 0 Å². The van der Waals surface area contributed by atoms with E-state index in [0.29, 0.717) is 21.2 Å². The van der Waals surface area contributed by atoms with Gasteiger partial charge >= 0.3 is 0 Å². The molecule has 3 aromatic rings. The molecule has 0 spiro atoms. The molecule has 0 fully saturated rings. The second-order valence-electron chi connectivity index (χ2n) is 5.21. The van der Waals surface area contributed by atoms with Crippen LogP contribution in [0.15, 0.2) is 54.9 Å². The lowest BCUT2D eigenvalue weighted by atomic mass is 9.81. The highest BCUT2D eigenvalue weighted by Gasteiger charge is 2.40. The molecule has 2 aromatic carbocycles. The van der Waals surface area contributed by atoms with Crippen molar-refractivity contribution in [2.45, 2.75) is 18.6 Å². The van der Waals surface area contributed by atoms with E-state index in [-0.39, 0.29) is 0 Å². The number of hydrogen-bond donors (Lipinski definition) is 1. The molecule has 1 atom stereocenters. The first-order chi connectivity index (χ1) is 11.0. The van der Waals surface area contributed by atoms with Crippen molar-refractivity contribution in [1.82, 2.24) is 20.2 Å². The molecule has 0 radical (unpaired) electrons. The Labute approximate surface area is 143 Å². The van der Waals surface area contributed by atoms with E-state index in [2.05, 4.69) is 15.4 Å². The molecule has 0 saturated heterocycles. The molecule has 0 aliphatic rings. The maximum absolute atomic E-state index is 11.6. The highest BCUT2D eigenvalue weighted by Crippen LogP contribution is 2.39. The Morgan fingerprint density at radius 1 is 0.957 bits per heavy atom. The van der Waals surface area contributed by atoms with Crippen LogP contribution in [0.4, 0.5) is 0 Å². The molecule has 7 heteroatoms. The van der Waals surface area contributed by atoms with Crippen molar-refractivity contribution in [2.24, 2.45) is 0 Å². The highest BCUT2D eigenvalue weighted by atomic mass is 35.5.